The average molecular weight is 327 g/mol. The summed E-state index contributed by atoms with van der Waals surface area (Å²) in [6.07, 6.45) is 0. The molecule has 0 spiro atoms. The number of nitrogens with one attached hydrogen (secondary N) is 1. The molecule has 0 radical (unpaired) electrons. The van der Waals surface area contributed by atoms with Gasteiger partial charge in [0.25, 0.3) is 0 Å². The summed E-state index contributed by atoms with van der Waals surface area (Å²) in [6.45, 7) is 9.48. The Morgan fingerprint density at radius 1 is 1.29 bits per heavy atom. The predicted octanol–water partition coefficient (Wildman–Crippen LogP) is 0.304. The van der Waals surface area contributed by atoms with Gasteiger partial charge in [-0.05, 0) is 43.3 Å². The van der Waals surface area contributed by atoms with E-state index in [-0.39, 0.29) is 11.6 Å². The Kier molecular flexibility index (Phi) is 4.60. The highest BCUT2D eigenvalue weighted by Gasteiger charge is 2.35. The van der Waals surface area contributed by atoms with Crippen molar-refractivity contribution >= 4 is 0 Å². The number of ether oxygens (including phenoxy) is 1. The second-order valence-electron chi connectivity index (χ2n) is 7.06. The molecule has 0 aliphatic carbocycles. The van der Waals surface area contributed by atoms with Gasteiger partial charge in [0.2, 0.25) is 5.82 Å². The monoisotopic (exact) mass is 327 g/mol. The van der Waals surface area contributed by atoms with Gasteiger partial charge < -0.3 is 9.64 Å². The zero-order valence-corrected chi connectivity index (χ0v) is 14.4. The van der Waals surface area contributed by atoms with E-state index in [0.29, 0.717) is 5.56 Å². The number of nitriles is 1. The van der Waals surface area contributed by atoms with Crippen LogP contribution in [0.2, 0.25) is 0 Å². The largest absolute Gasteiger partial charge is 0.370 e. The molecule has 1 aromatic carbocycles. The summed E-state index contributed by atoms with van der Waals surface area (Å²) in [6, 6.07) is 9.94. The van der Waals surface area contributed by atoms with Gasteiger partial charge in [-0.25, -0.2) is 4.68 Å². The molecule has 24 heavy (non-hydrogen) atoms. The summed E-state index contributed by atoms with van der Waals surface area (Å²) in [7, 11) is 0. The van der Waals surface area contributed by atoms with Crippen LogP contribution in [-0.4, -0.2) is 46.5 Å². The van der Waals surface area contributed by atoms with E-state index in [1.165, 1.54) is 4.90 Å². The summed E-state index contributed by atoms with van der Waals surface area (Å²) >= 11 is 0. The number of nitrogens with zero attached hydrogens (tertiary/aromatic N) is 5. The molecule has 0 saturated carbocycles. The molecule has 3 rings (SSSR count). The minimum atomic E-state index is -0.213. The lowest BCUT2D eigenvalue weighted by Gasteiger charge is -2.32. The van der Waals surface area contributed by atoms with Crippen molar-refractivity contribution in [2.24, 2.45) is 0 Å². The number of rotatable bonds is 3. The van der Waals surface area contributed by atoms with Crippen molar-refractivity contribution < 1.29 is 9.64 Å². The SMILES string of the molecule is CC(C)(C)n1nnnc1[C@@H](c1cccc(C#N)c1)[NH+]1CCOCC1. The van der Waals surface area contributed by atoms with Gasteiger partial charge >= 0.3 is 0 Å². The van der Waals surface area contributed by atoms with Crippen LogP contribution in [0.25, 0.3) is 0 Å². The second kappa shape index (κ2) is 6.67. The van der Waals surface area contributed by atoms with E-state index in [0.717, 1.165) is 37.7 Å². The highest BCUT2D eigenvalue weighted by Crippen LogP contribution is 2.23. The smallest absolute Gasteiger partial charge is 0.214 e. The summed E-state index contributed by atoms with van der Waals surface area (Å²) in [5.41, 5.74) is 1.50. The lowest BCUT2D eigenvalue weighted by molar-refractivity contribution is -0.933. The third-order valence-electron chi connectivity index (χ3n) is 4.28. The van der Waals surface area contributed by atoms with Crippen LogP contribution < -0.4 is 4.90 Å². The second-order valence-corrected chi connectivity index (χ2v) is 7.06. The third kappa shape index (κ3) is 3.30. The number of hydrogen-bond acceptors (Lipinski definition) is 5. The van der Waals surface area contributed by atoms with Crippen molar-refractivity contribution in [3.63, 3.8) is 0 Å². The molecule has 0 amide bonds. The maximum absolute atomic E-state index is 9.25. The van der Waals surface area contributed by atoms with Crippen molar-refractivity contribution in [2.75, 3.05) is 26.3 Å². The van der Waals surface area contributed by atoms with Crippen molar-refractivity contribution in [2.45, 2.75) is 32.4 Å². The Bertz CT molecular complexity index is 736. The molecular weight excluding hydrogens is 304 g/mol. The molecule has 1 N–H and O–H groups in total. The molecule has 2 heterocycles. The van der Waals surface area contributed by atoms with E-state index in [2.05, 4.69) is 48.4 Å². The highest BCUT2D eigenvalue weighted by molar-refractivity contribution is 5.35. The zero-order valence-electron chi connectivity index (χ0n) is 14.4. The van der Waals surface area contributed by atoms with Crippen LogP contribution in [-0.2, 0) is 10.3 Å². The maximum atomic E-state index is 9.25. The van der Waals surface area contributed by atoms with Gasteiger partial charge in [0, 0.05) is 5.56 Å². The van der Waals surface area contributed by atoms with Gasteiger partial charge in [0.1, 0.15) is 13.1 Å². The van der Waals surface area contributed by atoms with Gasteiger partial charge in [0.05, 0.1) is 30.4 Å². The first kappa shape index (κ1) is 16.6. The summed E-state index contributed by atoms with van der Waals surface area (Å²) in [5, 5.41) is 21.7. The van der Waals surface area contributed by atoms with E-state index >= 15 is 0 Å². The Labute approximate surface area is 141 Å². The molecule has 1 saturated heterocycles. The average Bonchev–Trinajstić information content (AvgIpc) is 3.06. The van der Waals surface area contributed by atoms with Crippen LogP contribution in [0, 0.1) is 11.3 Å². The summed E-state index contributed by atoms with van der Waals surface area (Å²) in [4.78, 5) is 1.36. The molecule has 1 aliphatic rings. The number of morpholine rings is 1. The topological polar surface area (TPSA) is 81.1 Å². The highest BCUT2D eigenvalue weighted by atomic mass is 16.5. The van der Waals surface area contributed by atoms with Gasteiger partial charge in [-0.3, -0.25) is 0 Å². The molecule has 1 atom stereocenters. The van der Waals surface area contributed by atoms with E-state index in [4.69, 9.17) is 4.74 Å². The van der Waals surface area contributed by atoms with E-state index in [1.54, 1.807) is 0 Å². The lowest BCUT2D eigenvalue weighted by Crippen LogP contribution is -3.14. The minimum Gasteiger partial charge on any atom is -0.370 e. The summed E-state index contributed by atoms with van der Waals surface area (Å²) in [5.74, 6) is 0.828. The van der Waals surface area contributed by atoms with Crippen LogP contribution in [0.15, 0.2) is 24.3 Å². The molecule has 1 aliphatic heterocycles. The summed E-state index contributed by atoms with van der Waals surface area (Å²) < 4.78 is 7.40. The molecule has 1 aromatic heterocycles. The fourth-order valence-electron chi connectivity index (χ4n) is 3.13. The van der Waals surface area contributed by atoms with Gasteiger partial charge in [-0.15, -0.1) is 5.10 Å². The first-order chi connectivity index (χ1) is 11.5. The van der Waals surface area contributed by atoms with Crippen molar-refractivity contribution in [3.8, 4) is 6.07 Å². The lowest BCUT2D eigenvalue weighted by atomic mass is 10.00. The number of benzene rings is 1. The zero-order chi connectivity index (χ0) is 17.2. The van der Waals surface area contributed by atoms with E-state index < -0.39 is 0 Å². The van der Waals surface area contributed by atoms with Gasteiger partial charge in [0.15, 0.2) is 6.04 Å². The fraction of sp³-hybridized carbons (Fsp3) is 0.529. The molecule has 0 unspecified atom stereocenters. The van der Waals surface area contributed by atoms with E-state index in [1.807, 2.05) is 22.9 Å². The Balaban J connectivity index is 2.09. The van der Waals surface area contributed by atoms with Gasteiger partial charge in [-0.2, -0.15) is 5.26 Å². The standard InChI is InChI=1S/C17H22N6O/c1-17(2,3)23-16(19-20-21-23)15(22-7-9-24-10-8-22)14-6-4-5-13(11-14)12-18/h4-6,11,15H,7-10H2,1-3H3/p+1/t15-/m1/s1. The van der Waals surface area contributed by atoms with Crippen LogP contribution in [0.3, 0.4) is 0 Å². The fourth-order valence-corrected chi connectivity index (χ4v) is 3.13. The third-order valence-corrected chi connectivity index (χ3v) is 4.28. The first-order valence-electron chi connectivity index (χ1n) is 8.22. The van der Waals surface area contributed by atoms with Gasteiger partial charge in [-0.1, -0.05) is 12.1 Å². The number of quaternary nitrogens is 1. The van der Waals surface area contributed by atoms with Crippen LogP contribution in [0.1, 0.15) is 43.8 Å². The van der Waals surface area contributed by atoms with Crippen LogP contribution in [0.5, 0.6) is 0 Å². The molecule has 126 valence electrons. The Morgan fingerprint density at radius 2 is 2.04 bits per heavy atom. The predicted molar refractivity (Wildman–Crippen MR) is 87.3 cm³/mol. The molecule has 0 bridgehead atoms. The first-order valence-corrected chi connectivity index (χ1v) is 8.22. The molecule has 1 fully saturated rings. The normalized spacial score (nSPS) is 17.4. The maximum Gasteiger partial charge on any atom is 0.214 e. The molecule has 7 heteroatoms. The van der Waals surface area contributed by atoms with Crippen molar-refractivity contribution in [3.05, 3.63) is 41.2 Å². The number of hydrogen-bond donors (Lipinski definition) is 1. The van der Waals surface area contributed by atoms with Crippen molar-refractivity contribution in [1.82, 2.24) is 20.2 Å². The van der Waals surface area contributed by atoms with E-state index in [9.17, 15) is 5.26 Å². The molecule has 7 nitrogen and oxygen atoms in total. The Morgan fingerprint density at radius 3 is 2.71 bits per heavy atom. The quantitative estimate of drug-likeness (QED) is 0.877. The van der Waals surface area contributed by atoms with Crippen LogP contribution >= 0.6 is 0 Å². The number of aromatic nitrogens is 4. The molecule has 2 aromatic rings. The molecular formula is C17H23N6O+. The number of tetrazole rings is 1. The van der Waals surface area contributed by atoms with Crippen LogP contribution in [0.4, 0.5) is 0 Å². The van der Waals surface area contributed by atoms with Crippen molar-refractivity contribution in [1.29, 1.82) is 5.26 Å². The minimum absolute atomic E-state index is 0.0172. The Hall–Kier alpha value is -2.30.